The lowest BCUT2D eigenvalue weighted by molar-refractivity contribution is -0.161. The van der Waals surface area contributed by atoms with Gasteiger partial charge < -0.3 is 33.8 Å². The van der Waals surface area contributed by atoms with Gasteiger partial charge in [0.25, 0.3) is 0 Å². The highest BCUT2D eigenvalue weighted by molar-refractivity contribution is 7.47. The Morgan fingerprint density at radius 2 is 0.527 bits per heavy atom. The SMILES string of the molecule is CCCCCCCCCCC(=O)O[C@H](COC(=O)CCCCCCCCC)COP(=O)(O)OC[C@H](O)COP(=O)(O)OC[C@@H](COC(=O)CCCCCCCCCCCCC(C)CC)OC(=O)CCCCCCCCCCCCCCCCCCCCC(C)CC. The van der Waals surface area contributed by atoms with Gasteiger partial charge in [-0.15, -0.1) is 0 Å². The molecule has 0 aromatic rings. The van der Waals surface area contributed by atoms with Crippen molar-refractivity contribution in [1.29, 1.82) is 0 Å². The Morgan fingerprint density at radius 3 is 0.780 bits per heavy atom. The molecule has 0 heterocycles. The maximum atomic E-state index is 13.1. The largest absolute Gasteiger partial charge is 0.472 e. The molecule has 0 aromatic carbocycles. The van der Waals surface area contributed by atoms with Crippen LogP contribution in [0.5, 0.6) is 0 Å². The molecule has 0 amide bonds. The second-order valence-electron chi connectivity index (χ2n) is 26.5. The Labute approximate surface area is 556 Å². The summed E-state index contributed by atoms with van der Waals surface area (Å²) in [6, 6.07) is 0. The average Bonchev–Trinajstić information content (AvgIpc) is 3.68. The fourth-order valence-electron chi connectivity index (χ4n) is 10.9. The summed E-state index contributed by atoms with van der Waals surface area (Å²) in [4.78, 5) is 72.3. The van der Waals surface area contributed by atoms with Crippen LogP contribution >= 0.6 is 15.6 Å². The maximum absolute atomic E-state index is 13.1. The van der Waals surface area contributed by atoms with E-state index in [1.165, 1.54) is 167 Å². The summed E-state index contributed by atoms with van der Waals surface area (Å²) in [7, 11) is -9.89. The van der Waals surface area contributed by atoms with E-state index in [-0.39, 0.29) is 25.7 Å². The van der Waals surface area contributed by atoms with Crippen LogP contribution in [0, 0.1) is 11.8 Å². The van der Waals surface area contributed by atoms with Gasteiger partial charge in [-0.25, -0.2) is 9.13 Å². The Kier molecular flexibility index (Phi) is 62.7. The third-order valence-electron chi connectivity index (χ3n) is 17.4. The van der Waals surface area contributed by atoms with Gasteiger partial charge in [-0.05, 0) is 37.5 Å². The number of hydrogen-bond donors (Lipinski definition) is 3. The number of ether oxygens (including phenoxy) is 4. The minimum Gasteiger partial charge on any atom is -0.462 e. The number of aliphatic hydroxyl groups is 1. The minimum atomic E-state index is -4.95. The van der Waals surface area contributed by atoms with E-state index in [0.29, 0.717) is 25.7 Å². The molecule has 0 aliphatic rings. The molecule has 0 bridgehead atoms. The van der Waals surface area contributed by atoms with Gasteiger partial charge in [0.05, 0.1) is 26.4 Å². The van der Waals surface area contributed by atoms with E-state index in [2.05, 4.69) is 41.5 Å². The molecule has 17 nitrogen and oxygen atoms in total. The van der Waals surface area contributed by atoms with E-state index < -0.39 is 97.5 Å². The monoisotopic (exact) mass is 1340 g/mol. The van der Waals surface area contributed by atoms with Crippen LogP contribution in [0.3, 0.4) is 0 Å². The standard InChI is InChI=1S/C72H140O17P2/c1-7-11-13-15-17-37-44-50-56-71(76)88-67(60-82-69(74)54-48-42-34-16-14-12-8-2)62-86-90(78,79)84-58-66(73)59-85-91(80,81)87-63-68(61-83-70(75)55-49-43-38-32-29-28-31-36-41-47-53-65(6)10-4)89-72(77)57-51-45-39-33-27-25-23-21-19-18-20-22-24-26-30-35-40-46-52-64(5)9-3/h64-68,73H,7-63H2,1-6H3,(H,78,79)(H,80,81)/t64?,65?,66-,67+,68+/m0/s1. The summed E-state index contributed by atoms with van der Waals surface area (Å²) in [5.41, 5.74) is 0. The van der Waals surface area contributed by atoms with Crippen LogP contribution in [0.1, 0.15) is 369 Å². The van der Waals surface area contributed by atoms with Gasteiger partial charge in [0.15, 0.2) is 12.2 Å². The molecular weight excluding hydrogens is 1200 g/mol. The lowest BCUT2D eigenvalue weighted by atomic mass is 9.99. The first-order valence-electron chi connectivity index (χ1n) is 37.6. The van der Waals surface area contributed by atoms with Gasteiger partial charge in [-0.2, -0.15) is 0 Å². The molecule has 91 heavy (non-hydrogen) atoms. The summed E-state index contributed by atoms with van der Waals surface area (Å²) < 4.78 is 68.1. The first-order valence-corrected chi connectivity index (χ1v) is 40.6. The van der Waals surface area contributed by atoms with Crippen LogP contribution < -0.4 is 0 Å². The molecule has 0 fully saturated rings. The number of unbranched alkanes of at least 4 members (excludes halogenated alkanes) is 39. The molecule has 4 unspecified atom stereocenters. The third-order valence-corrected chi connectivity index (χ3v) is 19.3. The molecule has 0 saturated heterocycles. The number of rotatable bonds is 71. The number of hydrogen-bond acceptors (Lipinski definition) is 15. The number of carbonyl (C=O) groups is 4. The van der Waals surface area contributed by atoms with Crippen LogP contribution in [0.4, 0.5) is 0 Å². The molecule has 0 radical (unpaired) electrons. The molecule has 0 aliphatic carbocycles. The Bertz CT molecular complexity index is 1770. The molecular formula is C72H140O17P2. The number of esters is 4. The Hall–Kier alpha value is -1.94. The second-order valence-corrected chi connectivity index (χ2v) is 29.4. The molecule has 0 spiro atoms. The van der Waals surface area contributed by atoms with Gasteiger partial charge in [-0.3, -0.25) is 37.3 Å². The first-order chi connectivity index (χ1) is 43.9. The normalized spacial score (nSPS) is 14.7. The van der Waals surface area contributed by atoms with Crippen molar-refractivity contribution in [3.63, 3.8) is 0 Å². The summed E-state index contributed by atoms with van der Waals surface area (Å²) in [5.74, 6) is -0.449. The van der Waals surface area contributed by atoms with E-state index in [4.69, 9.17) is 37.0 Å². The highest BCUT2D eigenvalue weighted by atomic mass is 31.2. The van der Waals surface area contributed by atoms with E-state index in [1.54, 1.807) is 0 Å². The summed E-state index contributed by atoms with van der Waals surface area (Å²) in [5, 5.41) is 10.6. The highest BCUT2D eigenvalue weighted by Gasteiger charge is 2.30. The van der Waals surface area contributed by atoms with Crippen LogP contribution in [0.2, 0.25) is 0 Å². The van der Waals surface area contributed by atoms with Crippen molar-refractivity contribution in [2.75, 3.05) is 39.6 Å². The van der Waals surface area contributed by atoms with Crippen LogP contribution in [0.25, 0.3) is 0 Å². The van der Waals surface area contributed by atoms with Crippen LogP contribution in [-0.4, -0.2) is 96.7 Å². The van der Waals surface area contributed by atoms with Crippen LogP contribution in [0.15, 0.2) is 0 Å². The molecule has 0 rings (SSSR count). The fraction of sp³-hybridized carbons (Fsp3) is 0.944. The summed E-state index contributed by atoms with van der Waals surface area (Å²) in [6.07, 6.45) is 50.2. The lowest BCUT2D eigenvalue weighted by Crippen LogP contribution is -2.30. The van der Waals surface area contributed by atoms with Crippen molar-refractivity contribution >= 4 is 39.5 Å². The number of phosphoric acid groups is 2. The van der Waals surface area contributed by atoms with Gasteiger partial charge in [0, 0.05) is 25.7 Å². The zero-order valence-electron chi connectivity index (χ0n) is 59.1. The molecule has 0 saturated carbocycles. The highest BCUT2D eigenvalue weighted by Crippen LogP contribution is 2.45. The zero-order valence-corrected chi connectivity index (χ0v) is 60.9. The van der Waals surface area contributed by atoms with Crippen molar-refractivity contribution in [2.24, 2.45) is 11.8 Å². The summed E-state index contributed by atoms with van der Waals surface area (Å²) >= 11 is 0. The first kappa shape index (κ1) is 89.1. The smallest absolute Gasteiger partial charge is 0.462 e. The van der Waals surface area contributed by atoms with E-state index in [0.717, 1.165) is 121 Å². The number of carbonyl (C=O) groups excluding carboxylic acids is 4. The average molecular weight is 1340 g/mol. The molecule has 0 aliphatic heterocycles. The van der Waals surface area contributed by atoms with E-state index in [9.17, 15) is 43.2 Å². The van der Waals surface area contributed by atoms with Crippen molar-refractivity contribution in [3.05, 3.63) is 0 Å². The molecule has 7 atom stereocenters. The van der Waals surface area contributed by atoms with Crippen LogP contribution in [-0.2, 0) is 65.4 Å². The predicted octanol–water partition coefficient (Wildman–Crippen LogP) is 20.8. The van der Waals surface area contributed by atoms with Crippen molar-refractivity contribution in [1.82, 2.24) is 0 Å². The molecule has 3 N–H and O–H groups in total. The third kappa shape index (κ3) is 63.9. The fourth-order valence-corrected chi connectivity index (χ4v) is 12.5. The number of phosphoric ester groups is 2. The van der Waals surface area contributed by atoms with Gasteiger partial charge in [-0.1, -0.05) is 318 Å². The predicted molar refractivity (Wildman–Crippen MR) is 368 cm³/mol. The van der Waals surface area contributed by atoms with Gasteiger partial charge >= 0.3 is 39.5 Å². The summed E-state index contributed by atoms with van der Waals surface area (Å²) in [6.45, 7) is 9.58. The Morgan fingerprint density at radius 1 is 0.308 bits per heavy atom. The van der Waals surface area contributed by atoms with Crippen molar-refractivity contribution in [2.45, 2.75) is 387 Å². The maximum Gasteiger partial charge on any atom is 0.472 e. The topological polar surface area (TPSA) is 237 Å². The lowest BCUT2D eigenvalue weighted by Gasteiger charge is -2.21. The van der Waals surface area contributed by atoms with Crippen molar-refractivity contribution in [3.8, 4) is 0 Å². The minimum absolute atomic E-state index is 0.105. The van der Waals surface area contributed by atoms with Crippen molar-refractivity contribution < 1.29 is 80.2 Å². The molecule has 0 aromatic heterocycles. The quantitative estimate of drug-likeness (QED) is 0.0222. The zero-order chi connectivity index (χ0) is 67.2. The number of aliphatic hydroxyl groups excluding tert-OH is 1. The van der Waals surface area contributed by atoms with E-state index in [1.807, 2.05) is 0 Å². The van der Waals surface area contributed by atoms with E-state index >= 15 is 0 Å². The molecule has 540 valence electrons. The molecule has 19 heteroatoms. The Balaban J connectivity index is 5.12. The second kappa shape index (κ2) is 64.1. The van der Waals surface area contributed by atoms with Gasteiger partial charge in [0.1, 0.15) is 19.3 Å². The van der Waals surface area contributed by atoms with Gasteiger partial charge in [0.2, 0.25) is 0 Å².